The zero-order valence-electron chi connectivity index (χ0n) is 15.4. The molecule has 0 unspecified atom stereocenters. The Morgan fingerprint density at radius 2 is 2.00 bits per heavy atom. The van der Waals surface area contributed by atoms with Gasteiger partial charge in [-0.3, -0.25) is 4.79 Å². The average Bonchev–Trinajstić information content (AvgIpc) is 3.54. The summed E-state index contributed by atoms with van der Waals surface area (Å²) in [4.78, 5) is 29.0. The summed E-state index contributed by atoms with van der Waals surface area (Å²) >= 11 is 0. The topological polar surface area (TPSA) is 93.5 Å². The van der Waals surface area contributed by atoms with Crippen molar-refractivity contribution >= 4 is 22.7 Å². The fraction of sp³-hybridized carbons (Fsp3) is 0.286. The quantitative estimate of drug-likeness (QED) is 0.728. The third kappa shape index (κ3) is 2.51. The van der Waals surface area contributed by atoms with Crippen molar-refractivity contribution in [2.24, 2.45) is 0 Å². The molecule has 3 heterocycles. The molecule has 1 fully saturated rings. The molecular formula is C21H19N3O4. The normalized spacial score (nSPS) is 15.6. The summed E-state index contributed by atoms with van der Waals surface area (Å²) in [6.45, 7) is 0.721. The van der Waals surface area contributed by atoms with Crippen molar-refractivity contribution in [1.29, 1.82) is 0 Å². The van der Waals surface area contributed by atoms with Crippen LogP contribution in [0.2, 0.25) is 0 Å². The Morgan fingerprint density at radius 3 is 2.71 bits per heavy atom. The second-order valence-corrected chi connectivity index (χ2v) is 7.24. The highest BCUT2D eigenvalue weighted by atomic mass is 16.5. The van der Waals surface area contributed by atoms with Crippen LogP contribution in [0.3, 0.4) is 0 Å². The summed E-state index contributed by atoms with van der Waals surface area (Å²) in [6, 6.07) is 7.78. The maximum atomic E-state index is 12.8. The number of pyridine rings is 2. The van der Waals surface area contributed by atoms with Gasteiger partial charge in [0.1, 0.15) is 11.4 Å². The van der Waals surface area contributed by atoms with E-state index < -0.39 is 11.4 Å². The summed E-state index contributed by atoms with van der Waals surface area (Å²) in [5.41, 5.74) is 3.85. The predicted octanol–water partition coefficient (Wildman–Crippen LogP) is 3.17. The lowest BCUT2D eigenvalue weighted by Gasteiger charge is -2.17. The number of benzene rings is 1. The van der Waals surface area contributed by atoms with Gasteiger partial charge in [0, 0.05) is 35.8 Å². The number of rotatable bonds is 3. The van der Waals surface area contributed by atoms with Crippen LogP contribution in [0.5, 0.6) is 0 Å². The lowest BCUT2D eigenvalue weighted by molar-refractivity contribution is 0.0695. The zero-order chi connectivity index (χ0) is 19.4. The fourth-order valence-electron chi connectivity index (χ4n) is 3.96. The van der Waals surface area contributed by atoms with Gasteiger partial charge < -0.3 is 19.7 Å². The van der Waals surface area contributed by atoms with Gasteiger partial charge in [0.05, 0.1) is 24.4 Å². The van der Waals surface area contributed by atoms with Gasteiger partial charge in [-0.05, 0) is 36.6 Å². The SMILES string of the molecule is CNc1ccc2c(n1)COCc1c-2ccc2c(=O)c(C(=O)O)cn(C3CC3)c12. The van der Waals surface area contributed by atoms with E-state index in [-0.39, 0.29) is 11.6 Å². The van der Waals surface area contributed by atoms with Crippen LogP contribution >= 0.6 is 0 Å². The highest BCUT2D eigenvalue weighted by molar-refractivity contribution is 5.96. The molecule has 7 heteroatoms. The fourth-order valence-corrected chi connectivity index (χ4v) is 3.96. The van der Waals surface area contributed by atoms with E-state index in [2.05, 4.69) is 10.3 Å². The number of nitrogens with one attached hydrogen (secondary N) is 1. The van der Waals surface area contributed by atoms with Crippen LogP contribution in [0.1, 0.15) is 40.5 Å². The molecule has 0 bridgehead atoms. The van der Waals surface area contributed by atoms with Crippen molar-refractivity contribution in [1.82, 2.24) is 9.55 Å². The Bertz CT molecular complexity index is 1190. The third-order valence-electron chi connectivity index (χ3n) is 5.47. The number of aromatic nitrogens is 2. The van der Waals surface area contributed by atoms with Gasteiger partial charge in [-0.25, -0.2) is 9.78 Å². The van der Waals surface area contributed by atoms with E-state index >= 15 is 0 Å². The maximum Gasteiger partial charge on any atom is 0.341 e. The van der Waals surface area contributed by atoms with Gasteiger partial charge in [0.25, 0.3) is 0 Å². The van der Waals surface area contributed by atoms with E-state index in [0.29, 0.717) is 18.6 Å². The van der Waals surface area contributed by atoms with Gasteiger partial charge in [-0.15, -0.1) is 0 Å². The number of carboxylic acids is 1. The first-order valence-electron chi connectivity index (χ1n) is 9.28. The number of hydrogen-bond donors (Lipinski definition) is 2. The number of carboxylic acid groups (broad SMARTS) is 1. The summed E-state index contributed by atoms with van der Waals surface area (Å²) < 4.78 is 7.87. The minimum absolute atomic E-state index is 0.186. The minimum atomic E-state index is -1.19. The molecular weight excluding hydrogens is 358 g/mol. The van der Waals surface area contributed by atoms with Gasteiger partial charge >= 0.3 is 5.97 Å². The Kier molecular flexibility index (Phi) is 3.73. The molecule has 2 N–H and O–H groups in total. The first kappa shape index (κ1) is 16.9. The lowest BCUT2D eigenvalue weighted by atomic mass is 9.95. The highest BCUT2D eigenvalue weighted by Gasteiger charge is 2.29. The molecule has 1 aliphatic carbocycles. The standard InChI is InChI=1S/C21H19N3O4/c1-22-18-7-6-13-12-4-5-14-19(16(12)9-28-10-17(13)23-18)24(11-2-3-11)8-15(20(14)25)21(26)27/h4-8,11H,2-3,9-10H2,1H3,(H,22,23)(H,26,27). The Morgan fingerprint density at radius 1 is 1.21 bits per heavy atom. The zero-order valence-corrected chi connectivity index (χ0v) is 15.4. The molecule has 1 aromatic carbocycles. The smallest absolute Gasteiger partial charge is 0.341 e. The van der Waals surface area contributed by atoms with Gasteiger partial charge in [-0.1, -0.05) is 6.07 Å². The van der Waals surface area contributed by atoms with Gasteiger partial charge in [0.2, 0.25) is 5.43 Å². The summed E-state index contributed by atoms with van der Waals surface area (Å²) in [6.07, 6.45) is 3.45. The molecule has 5 rings (SSSR count). The molecule has 1 saturated carbocycles. The molecule has 0 atom stereocenters. The van der Waals surface area contributed by atoms with E-state index in [9.17, 15) is 14.7 Å². The summed E-state index contributed by atoms with van der Waals surface area (Å²) in [5.74, 6) is -0.422. The molecule has 28 heavy (non-hydrogen) atoms. The van der Waals surface area contributed by atoms with E-state index in [4.69, 9.17) is 4.74 Å². The summed E-state index contributed by atoms with van der Waals surface area (Å²) in [7, 11) is 1.82. The molecule has 3 aromatic rings. The van der Waals surface area contributed by atoms with Crippen LogP contribution in [0.25, 0.3) is 22.0 Å². The Labute approximate surface area is 160 Å². The van der Waals surface area contributed by atoms with Crippen LogP contribution in [-0.4, -0.2) is 27.7 Å². The Hall–Kier alpha value is -3.19. The van der Waals surface area contributed by atoms with Crippen molar-refractivity contribution in [2.45, 2.75) is 32.1 Å². The van der Waals surface area contributed by atoms with Crippen molar-refractivity contribution < 1.29 is 14.6 Å². The van der Waals surface area contributed by atoms with Crippen molar-refractivity contribution in [3.8, 4) is 11.1 Å². The van der Waals surface area contributed by atoms with Crippen LogP contribution in [-0.2, 0) is 18.0 Å². The summed E-state index contributed by atoms with van der Waals surface area (Å²) in [5, 5.41) is 12.9. The van der Waals surface area contributed by atoms with Crippen molar-refractivity contribution in [3.63, 3.8) is 0 Å². The van der Waals surface area contributed by atoms with E-state index in [1.165, 1.54) is 6.20 Å². The first-order chi connectivity index (χ1) is 13.6. The minimum Gasteiger partial charge on any atom is -0.477 e. The number of anilines is 1. The number of nitrogens with zero attached hydrogens (tertiary/aromatic N) is 2. The van der Waals surface area contributed by atoms with Gasteiger partial charge in [-0.2, -0.15) is 0 Å². The molecule has 2 aliphatic rings. The molecule has 7 nitrogen and oxygen atoms in total. The molecule has 0 spiro atoms. The second-order valence-electron chi connectivity index (χ2n) is 7.24. The Balaban J connectivity index is 1.84. The number of aromatic carboxylic acids is 1. The predicted molar refractivity (Wildman–Crippen MR) is 105 cm³/mol. The third-order valence-corrected chi connectivity index (χ3v) is 5.47. The lowest BCUT2D eigenvalue weighted by Crippen LogP contribution is -2.19. The van der Waals surface area contributed by atoms with Crippen LogP contribution < -0.4 is 10.7 Å². The van der Waals surface area contributed by atoms with Crippen LogP contribution in [0, 0.1) is 0 Å². The molecule has 1 aliphatic heterocycles. The van der Waals surface area contributed by atoms with Crippen LogP contribution in [0.15, 0.2) is 35.3 Å². The maximum absolute atomic E-state index is 12.8. The monoisotopic (exact) mass is 377 g/mol. The number of ether oxygens (including phenoxy) is 1. The molecule has 142 valence electrons. The molecule has 2 aromatic heterocycles. The number of fused-ring (bicyclic) bond motifs is 5. The molecule has 0 amide bonds. The van der Waals surface area contributed by atoms with Gasteiger partial charge in [0.15, 0.2) is 0 Å². The van der Waals surface area contributed by atoms with E-state index in [1.807, 2.05) is 29.8 Å². The van der Waals surface area contributed by atoms with Crippen molar-refractivity contribution in [3.05, 3.63) is 57.5 Å². The van der Waals surface area contributed by atoms with Crippen LogP contribution in [0.4, 0.5) is 5.82 Å². The van der Waals surface area contributed by atoms with E-state index in [1.54, 1.807) is 6.07 Å². The van der Waals surface area contributed by atoms with Crippen molar-refractivity contribution in [2.75, 3.05) is 12.4 Å². The number of hydrogen-bond acceptors (Lipinski definition) is 5. The average molecular weight is 377 g/mol. The highest BCUT2D eigenvalue weighted by Crippen LogP contribution is 2.41. The molecule has 0 saturated heterocycles. The van der Waals surface area contributed by atoms with E-state index in [0.717, 1.165) is 46.6 Å². The molecule has 0 radical (unpaired) electrons. The second kappa shape index (κ2) is 6.17. The number of carbonyl (C=O) groups is 1. The largest absolute Gasteiger partial charge is 0.477 e. The first-order valence-corrected chi connectivity index (χ1v) is 9.28.